The molecule has 0 bridgehead atoms. The second kappa shape index (κ2) is 9.37. The van der Waals surface area contributed by atoms with Crippen molar-refractivity contribution in [1.82, 2.24) is 10.2 Å². The second-order valence-corrected chi connectivity index (χ2v) is 8.86. The summed E-state index contributed by atoms with van der Waals surface area (Å²) >= 11 is 6.18. The van der Waals surface area contributed by atoms with Crippen LogP contribution < -0.4 is 5.32 Å². The normalized spacial score (nSPS) is 15.5. The first-order valence-electron chi connectivity index (χ1n) is 11.1. The summed E-state index contributed by atoms with van der Waals surface area (Å²) in [5.41, 5.74) is 4.21. The van der Waals surface area contributed by atoms with Crippen molar-refractivity contribution in [3.63, 3.8) is 0 Å². The monoisotopic (exact) mass is 487 g/mol. The van der Waals surface area contributed by atoms with Crippen molar-refractivity contribution in [3.8, 4) is 12.1 Å². The van der Waals surface area contributed by atoms with Crippen molar-refractivity contribution in [2.45, 2.75) is 39.7 Å². The number of nitriles is 2. The first-order chi connectivity index (χ1) is 16.7. The van der Waals surface area contributed by atoms with Gasteiger partial charge in [0.15, 0.2) is 0 Å². The van der Waals surface area contributed by atoms with Crippen LogP contribution >= 0.6 is 11.6 Å². The summed E-state index contributed by atoms with van der Waals surface area (Å²) in [6.07, 6.45) is 0.394. The van der Waals surface area contributed by atoms with E-state index in [0.717, 1.165) is 0 Å². The Labute approximate surface area is 208 Å². The lowest BCUT2D eigenvalue weighted by molar-refractivity contribution is 0.0977. The number of amides is 1. The third-order valence-electron chi connectivity index (χ3n) is 6.78. The summed E-state index contributed by atoms with van der Waals surface area (Å²) in [6.45, 7) is 5.63. The Morgan fingerprint density at radius 3 is 2.43 bits per heavy atom. The Hall–Kier alpha value is -3.94. The molecule has 0 fully saturated rings. The third kappa shape index (κ3) is 3.88. The molecular formula is C27H23ClFN5O. The molecule has 0 aromatic heterocycles. The molecule has 2 aliphatic rings. The van der Waals surface area contributed by atoms with E-state index < -0.39 is 17.6 Å². The van der Waals surface area contributed by atoms with E-state index in [1.54, 1.807) is 56.1 Å². The highest BCUT2D eigenvalue weighted by molar-refractivity contribution is 6.34. The number of carbonyl (C=O) groups is 1. The molecule has 2 aromatic rings. The number of nitrogens with zero attached hydrogens (tertiary/aromatic N) is 4. The van der Waals surface area contributed by atoms with Crippen LogP contribution in [0.2, 0.25) is 5.02 Å². The number of halogens is 2. The average Bonchev–Trinajstić information content (AvgIpc) is 3.24. The Bertz CT molecular complexity index is 1400. The summed E-state index contributed by atoms with van der Waals surface area (Å²) in [5, 5.41) is 23.0. The molecule has 0 atom stereocenters. The summed E-state index contributed by atoms with van der Waals surface area (Å²) in [7, 11) is 1.78. The maximum Gasteiger partial charge on any atom is 0.258 e. The zero-order valence-corrected chi connectivity index (χ0v) is 20.6. The average molecular weight is 488 g/mol. The highest BCUT2D eigenvalue weighted by Gasteiger charge is 2.36. The van der Waals surface area contributed by atoms with Crippen LogP contribution in [0, 0.1) is 28.5 Å². The van der Waals surface area contributed by atoms with Crippen LogP contribution in [-0.4, -0.2) is 23.7 Å². The number of benzene rings is 2. The fourth-order valence-corrected chi connectivity index (χ4v) is 4.91. The van der Waals surface area contributed by atoms with Gasteiger partial charge in [0.2, 0.25) is 0 Å². The van der Waals surface area contributed by atoms with Gasteiger partial charge >= 0.3 is 0 Å². The number of nitrogens with one attached hydrogen (secondary N) is 1. The molecule has 0 aliphatic carbocycles. The zero-order valence-electron chi connectivity index (χ0n) is 19.8. The van der Waals surface area contributed by atoms with Gasteiger partial charge in [0.25, 0.3) is 5.91 Å². The lowest BCUT2D eigenvalue weighted by atomic mass is 9.78. The molecule has 2 heterocycles. The van der Waals surface area contributed by atoms with Gasteiger partial charge in [-0.3, -0.25) is 9.79 Å². The molecule has 6 nitrogen and oxygen atoms in total. The van der Waals surface area contributed by atoms with Crippen LogP contribution in [0.15, 0.2) is 57.9 Å². The molecule has 1 amide bonds. The maximum absolute atomic E-state index is 16.0. The molecule has 0 unspecified atom stereocenters. The van der Waals surface area contributed by atoms with Crippen molar-refractivity contribution >= 4 is 23.3 Å². The molecule has 0 radical (unpaired) electrons. The minimum absolute atomic E-state index is 0.223. The van der Waals surface area contributed by atoms with E-state index in [2.05, 4.69) is 22.4 Å². The molecule has 2 aliphatic heterocycles. The van der Waals surface area contributed by atoms with Crippen LogP contribution in [0.3, 0.4) is 0 Å². The Morgan fingerprint density at radius 1 is 1.23 bits per heavy atom. The number of amidine groups is 1. The minimum atomic E-state index is -0.849. The quantitative estimate of drug-likeness (QED) is 0.631. The van der Waals surface area contributed by atoms with Gasteiger partial charge < -0.3 is 10.2 Å². The molecule has 0 saturated heterocycles. The molecule has 2 aromatic carbocycles. The van der Waals surface area contributed by atoms with Crippen molar-refractivity contribution in [2.75, 3.05) is 7.05 Å². The first kappa shape index (κ1) is 24.2. The van der Waals surface area contributed by atoms with E-state index in [-0.39, 0.29) is 12.1 Å². The largest absolute Gasteiger partial charge is 0.350 e. The minimum Gasteiger partial charge on any atom is -0.350 e. The van der Waals surface area contributed by atoms with E-state index >= 15 is 4.39 Å². The van der Waals surface area contributed by atoms with E-state index in [1.807, 2.05) is 6.92 Å². The smallest absolute Gasteiger partial charge is 0.258 e. The molecule has 176 valence electrons. The Morgan fingerprint density at radius 2 is 1.86 bits per heavy atom. The number of aliphatic imine (C=N–C) groups is 1. The molecule has 1 N–H and O–H groups in total. The van der Waals surface area contributed by atoms with Crippen LogP contribution in [0.1, 0.15) is 59.3 Å². The highest BCUT2D eigenvalue weighted by atomic mass is 35.5. The third-order valence-corrected chi connectivity index (χ3v) is 7.11. The molecule has 0 saturated carbocycles. The predicted molar refractivity (Wildman–Crippen MR) is 132 cm³/mol. The maximum atomic E-state index is 16.0. The zero-order chi connectivity index (χ0) is 25.4. The number of carbonyl (C=O) groups excluding carboxylic acids is 1. The second-order valence-electron chi connectivity index (χ2n) is 8.45. The van der Waals surface area contributed by atoms with E-state index in [0.29, 0.717) is 62.1 Å². The van der Waals surface area contributed by atoms with Gasteiger partial charge in [-0.25, -0.2) is 4.39 Å². The van der Waals surface area contributed by atoms with Gasteiger partial charge in [-0.05, 0) is 49.6 Å². The molecule has 35 heavy (non-hydrogen) atoms. The summed E-state index contributed by atoms with van der Waals surface area (Å²) in [6, 6.07) is 12.7. The van der Waals surface area contributed by atoms with Gasteiger partial charge in [-0.1, -0.05) is 30.7 Å². The van der Waals surface area contributed by atoms with Crippen LogP contribution in [0.4, 0.5) is 4.39 Å². The van der Waals surface area contributed by atoms with E-state index in [9.17, 15) is 15.3 Å². The van der Waals surface area contributed by atoms with Crippen molar-refractivity contribution in [3.05, 3.63) is 91.5 Å². The van der Waals surface area contributed by atoms with E-state index in [1.165, 1.54) is 0 Å². The molecule has 4 rings (SSSR count). The van der Waals surface area contributed by atoms with Crippen molar-refractivity contribution < 1.29 is 9.18 Å². The van der Waals surface area contributed by atoms with Crippen LogP contribution in [0.25, 0.3) is 0 Å². The number of rotatable bonds is 3. The lowest BCUT2D eigenvalue weighted by Gasteiger charge is -2.33. The molecule has 8 heteroatoms. The summed E-state index contributed by atoms with van der Waals surface area (Å²) in [5.74, 6) is -1.41. The topological polar surface area (TPSA) is 92.3 Å². The van der Waals surface area contributed by atoms with E-state index in [4.69, 9.17) is 11.6 Å². The van der Waals surface area contributed by atoms with Gasteiger partial charge in [0.05, 0.1) is 46.3 Å². The fourth-order valence-electron chi connectivity index (χ4n) is 4.69. The summed E-state index contributed by atoms with van der Waals surface area (Å²) < 4.78 is 16.0. The Kier molecular flexibility index (Phi) is 6.47. The SMILES string of the molecule is CCc1c(F)c(C2C(C#N)=C(C)N(C)C(C)=C2C#N)cc2c1CN=C2NC(=O)c1ccccc1Cl. The predicted octanol–water partition coefficient (Wildman–Crippen LogP) is 5.36. The molecule has 0 spiro atoms. The van der Waals surface area contributed by atoms with Gasteiger partial charge in [-0.15, -0.1) is 0 Å². The fraction of sp³-hybridized carbons (Fsp3) is 0.259. The number of fused-ring (bicyclic) bond motifs is 1. The molecular weight excluding hydrogens is 465 g/mol. The van der Waals surface area contributed by atoms with Crippen molar-refractivity contribution in [2.24, 2.45) is 4.99 Å². The van der Waals surface area contributed by atoms with Gasteiger partial charge in [0.1, 0.15) is 11.7 Å². The van der Waals surface area contributed by atoms with Crippen LogP contribution in [-0.2, 0) is 13.0 Å². The highest BCUT2D eigenvalue weighted by Crippen LogP contribution is 2.43. The summed E-state index contributed by atoms with van der Waals surface area (Å²) in [4.78, 5) is 19.1. The van der Waals surface area contributed by atoms with Crippen LogP contribution in [0.5, 0.6) is 0 Å². The lowest BCUT2D eigenvalue weighted by Crippen LogP contribution is -2.31. The van der Waals surface area contributed by atoms with Gasteiger partial charge in [0, 0.05) is 29.6 Å². The standard InChI is InChI=1S/C27H23ClFN5O/c1-5-16-22-13-32-26(33-27(35)17-8-6-7-9-23(17)28)18(22)10-19(25(16)29)24-20(11-30)14(2)34(4)15(3)21(24)12-31/h6-10,24H,5,13H2,1-4H3,(H,32,33,35). The number of allylic oxidation sites excluding steroid dienone is 4. The van der Waals surface area contributed by atoms with Crippen molar-refractivity contribution in [1.29, 1.82) is 10.5 Å². The van der Waals surface area contributed by atoms with Gasteiger partial charge in [-0.2, -0.15) is 10.5 Å². The first-order valence-corrected chi connectivity index (χ1v) is 11.5. The number of hydrogen-bond acceptors (Lipinski definition) is 5. The number of hydrogen-bond donors (Lipinski definition) is 1. The Balaban J connectivity index is 1.86.